The monoisotopic (exact) mass is 474 g/mol. The van der Waals surface area contributed by atoms with Gasteiger partial charge in [-0.3, -0.25) is 9.35 Å². The number of nitrogens with zero attached hydrogens (tertiary/aromatic N) is 2. The second kappa shape index (κ2) is 10.3. The summed E-state index contributed by atoms with van der Waals surface area (Å²) in [5, 5.41) is 12.5. The van der Waals surface area contributed by atoms with Gasteiger partial charge in [0.25, 0.3) is 10.1 Å². The van der Waals surface area contributed by atoms with Crippen LogP contribution in [-0.2, 0) is 14.9 Å². The molecule has 176 valence electrons. The number of benzene rings is 1. The summed E-state index contributed by atoms with van der Waals surface area (Å²) in [4.78, 5) is 16.8. The molecule has 0 radical (unpaired) electrons. The number of hydrogen-bond donors (Lipinski definition) is 3. The molecule has 0 saturated heterocycles. The molecule has 0 bridgehead atoms. The summed E-state index contributed by atoms with van der Waals surface area (Å²) in [6, 6.07) is 7.22. The van der Waals surface area contributed by atoms with Gasteiger partial charge in [-0.2, -0.15) is 13.7 Å². The summed E-state index contributed by atoms with van der Waals surface area (Å²) >= 11 is 0. The van der Waals surface area contributed by atoms with Crippen LogP contribution in [0, 0.1) is 18.3 Å². The third kappa shape index (κ3) is 6.00. The number of carbonyl (C=O) groups excluding carboxylic acids is 1. The Morgan fingerprint density at radius 2 is 2.00 bits per heavy atom. The summed E-state index contributed by atoms with van der Waals surface area (Å²) in [6.07, 6.45) is 2.44. The van der Waals surface area contributed by atoms with Gasteiger partial charge in [-0.1, -0.05) is 6.07 Å². The molecular weight excluding hydrogens is 448 g/mol. The van der Waals surface area contributed by atoms with Crippen molar-refractivity contribution >= 4 is 21.7 Å². The quantitative estimate of drug-likeness (QED) is 0.552. The van der Waals surface area contributed by atoms with Crippen LogP contribution in [0.15, 0.2) is 35.7 Å². The van der Waals surface area contributed by atoms with E-state index in [4.69, 9.17) is 19.8 Å². The molecule has 0 saturated carbocycles. The number of anilines is 1. The highest BCUT2D eigenvalue weighted by Gasteiger charge is 2.36. The van der Waals surface area contributed by atoms with Crippen LogP contribution in [0.2, 0.25) is 0 Å². The van der Waals surface area contributed by atoms with Crippen LogP contribution in [0.5, 0.6) is 11.6 Å². The number of aromatic nitrogens is 1. The SMILES string of the molecule is CCOc1ncc(C)c2c1[C@H](c1ccc(C#N)cc1OC)C(C(N)=O)=C(C)N2.CS(=O)(=O)O. The van der Waals surface area contributed by atoms with Crippen molar-refractivity contribution in [2.24, 2.45) is 5.73 Å². The predicted octanol–water partition coefficient (Wildman–Crippen LogP) is 2.49. The molecule has 0 aliphatic carbocycles. The number of primary amides is 1. The number of carbonyl (C=O) groups is 1. The second-order valence-electron chi connectivity index (χ2n) is 7.23. The highest BCUT2D eigenvalue weighted by molar-refractivity contribution is 7.85. The van der Waals surface area contributed by atoms with Gasteiger partial charge in [0.05, 0.1) is 48.8 Å². The largest absolute Gasteiger partial charge is 0.496 e. The third-order valence-electron chi connectivity index (χ3n) is 4.78. The van der Waals surface area contributed by atoms with Crippen molar-refractivity contribution in [2.75, 3.05) is 25.3 Å². The lowest BCUT2D eigenvalue weighted by molar-refractivity contribution is -0.114. The number of methoxy groups -OCH3 is 1. The van der Waals surface area contributed by atoms with E-state index in [-0.39, 0.29) is 0 Å². The number of nitrogens with two attached hydrogens (primary N) is 1. The maximum Gasteiger partial charge on any atom is 0.261 e. The Bertz CT molecular complexity index is 1240. The fourth-order valence-corrected chi connectivity index (χ4v) is 3.57. The topological polar surface area (TPSA) is 165 Å². The number of nitriles is 1. The van der Waals surface area contributed by atoms with Crippen LogP contribution in [0.1, 0.15) is 42.0 Å². The van der Waals surface area contributed by atoms with Gasteiger partial charge in [0.2, 0.25) is 11.8 Å². The minimum atomic E-state index is -3.67. The summed E-state index contributed by atoms with van der Waals surface area (Å²) < 4.78 is 37.2. The molecule has 10 nitrogen and oxygen atoms in total. The highest BCUT2D eigenvalue weighted by Crippen LogP contribution is 2.48. The van der Waals surface area contributed by atoms with Gasteiger partial charge < -0.3 is 20.5 Å². The molecule has 1 aromatic carbocycles. The van der Waals surface area contributed by atoms with Crippen molar-refractivity contribution in [3.8, 4) is 17.7 Å². The van der Waals surface area contributed by atoms with Gasteiger partial charge in [0.15, 0.2) is 0 Å². The van der Waals surface area contributed by atoms with Crippen LogP contribution < -0.4 is 20.5 Å². The van der Waals surface area contributed by atoms with E-state index < -0.39 is 21.9 Å². The van der Waals surface area contributed by atoms with Crippen LogP contribution in [0.3, 0.4) is 0 Å². The van der Waals surface area contributed by atoms with Gasteiger partial charge in [-0.15, -0.1) is 0 Å². The number of nitrogens with one attached hydrogen (secondary N) is 1. The molecular formula is C22H26N4O6S. The molecule has 0 spiro atoms. The van der Waals surface area contributed by atoms with Gasteiger partial charge in [-0.25, -0.2) is 4.98 Å². The number of pyridine rings is 1. The zero-order chi connectivity index (χ0) is 24.9. The molecule has 1 aliphatic heterocycles. The lowest BCUT2D eigenvalue weighted by Gasteiger charge is -2.32. The first kappa shape index (κ1) is 25.6. The molecule has 11 heteroatoms. The van der Waals surface area contributed by atoms with Crippen LogP contribution >= 0.6 is 0 Å². The van der Waals surface area contributed by atoms with E-state index in [0.717, 1.165) is 16.8 Å². The molecule has 33 heavy (non-hydrogen) atoms. The fraction of sp³-hybridized carbons (Fsp3) is 0.318. The molecule has 0 fully saturated rings. The molecule has 2 heterocycles. The third-order valence-corrected chi connectivity index (χ3v) is 4.78. The normalized spacial score (nSPS) is 14.8. The van der Waals surface area contributed by atoms with Crippen molar-refractivity contribution in [3.05, 3.63) is 57.9 Å². The van der Waals surface area contributed by atoms with E-state index in [1.165, 1.54) is 7.11 Å². The first-order valence-corrected chi connectivity index (χ1v) is 11.7. The minimum Gasteiger partial charge on any atom is -0.496 e. The number of hydrogen-bond acceptors (Lipinski definition) is 8. The van der Waals surface area contributed by atoms with Crippen molar-refractivity contribution < 1.29 is 27.2 Å². The molecule has 1 atom stereocenters. The van der Waals surface area contributed by atoms with E-state index in [2.05, 4.69) is 16.4 Å². The molecule has 3 rings (SSSR count). The lowest BCUT2D eigenvalue weighted by atomic mass is 9.79. The summed E-state index contributed by atoms with van der Waals surface area (Å²) in [6.45, 7) is 6.04. The van der Waals surface area contributed by atoms with Gasteiger partial charge in [0.1, 0.15) is 5.75 Å². The predicted molar refractivity (Wildman–Crippen MR) is 123 cm³/mol. The van der Waals surface area contributed by atoms with Crippen molar-refractivity contribution in [1.29, 1.82) is 5.26 Å². The standard InChI is InChI=1S/C21H22N4O3.CH4O3S/c1-5-28-21-18-17(14-7-6-13(9-22)8-15(14)27-4)16(20(23)26)12(3)25-19(18)11(2)10-24-21;1-5(2,3)4/h6-8,10,17,25H,5H2,1-4H3,(H2,23,26);1H3,(H,2,3,4)/t17-;/m1./s1. The molecule has 1 aromatic heterocycles. The Morgan fingerprint density at radius 1 is 1.36 bits per heavy atom. The maximum atomic E-state index is 12.4. The van der Waals surface area contributed by atoms with Crippen LogP contribution in [0.4, 0.5) is 5.69 Å². The number of aryl methyl sites for hydroxylation is 1. The van der Waals surface area contributed by atoms with E-state index in [1.54, 1.807) is 24.4 Å². The van der Waals surface area contributed by atoms with Gasteiger partial charge in [0, 0.05) is 23.0 Å². The average molecular weight is 475 g/mol. The zero-order valence-electron chi connectivity index (χ0n) is 19.0. The molecule has 2 aromatic rings. The van der Waals surface area contributed by atoms with Gasteiger partial charge in [-0.05, 0) is 38.5 Å². The molecule has 4 N–H and O–H groups in total. The Morgan fingerprint density at radius 3 is 2.52 bits per heavy atom. The summed E-state index contributed by atoms with van der Waals surface area (Å²) in [5.41, 5.74) is 10.5. The van der Waals surface area contributed by atoms with Crippen LogP contribution in [0.25, 0.3) is 0 Å². The maximum absolute atomic E-state index is 12.4. The summed E-state index contributed by atoms with van der Waals surface area (Å²) in [5.74, 6) is -0.160. The second-order valence-corrected chi connectivity index (χ2v) is 8.70. The van der Waals surface area contributed by atoms with E-state index in [1.807, 2.05) is 20.8 Å². The van der Waals surface area contributed by atoms with E-state index >= 15 is 0 Å². The fourth-order valence-electron chi connectivity index (χ4n) is 3.57. The Labute approximate surface area is 192 Å². The van der Waals surface area contributed by atoms with Gasteiger partial charge >= 0.3 is 0 Å². The molecule has 1 amide bonds. The van der Waals surface area contributed by atoms with E-state index in [0.29, 0.717) is 46.9 Å². The van der Waals surface area contributed by atoms with Crippen molar-refractivity contribution in [3.63, 3.8) is 0 Å². The summed E-state index contributed by atoms with van der Waals surface area (Å²) in [7, 11) is -2.14. The first-order chi connectivity index (χ1) is 15.4. The highest BCUT2D eigenvalue weighted by atomic mass is 32.2. The minimum absolute atomic E-state index is 0.406. The average Bonchev–Trinajstić information content (AvgIpc) is 2.73. The number of fused-ring (bicyclic) bond motifs is 1. The Kier molecular flexibility index (Phi) is 8.03. The lowest BCUT2D eigenvalue weighted by Crippen LogP contribution is -2.28. The van der Waals surface area contributed by atoms with E-state index in [9.17, 15) is 18.5 Å². The zero-order valence-corrected chi connectivity index (χ0v) is 19.8. The van der Waals surface area contributed by atoms with Crippen molar-refractivity contribution in [1.82, 2.24) is 4.98 Å². The Hall–Kier alpha value is -3.62. The van der Waals surface area contributed by atoms with Crippen LogP contribution in [-0.4, -0.2) is 43.8 Å². The number of ether oxygens (including phenoxy) is 2. The molecule has 0 unspecified atom stereocenters. The van der Waals surface area contributed by atoms with Crippen molar-refractivity contribution in [2.45, 2.75) is 26.7 Å². The number of rotatable bonds is 5. The Balaban J connectivity index is 0.000000696. The number of allylic oxidation sites excluding steroid dienone is 1. The smallest absolute Gasteiger partial charge is 0.261 e. The molecule has 1 aliphatic rings. The number of amides is 1. The first-order valence-electron chi connectivity index (χ1n) is 9.83.